The second-order valence-electron chi connectivity index (χ2n) is 5.99. The van der Waals surface area contributed by atoms with Gasteiger partial charge in [-0.1, -0.05) is 56.3 Å². The monoisotopic (exact) mass is 326 g/mol. The van der Waals surface area contributed by atoms with Gasteiger partial charge in [0.2, 0.25) is 5.91 Å². The van der Waals surface area contributed by atoms with Crippen molar-refractivity contribution in [1.82, 2.24) is 5.32 Å². The van der Waals surface area contributed by atoms with Crippen LogP contribution in [-0.2, 0) is 4.79 Å². The molecule has 2 aromatic carbocycles. The van der Waals surface area contributed by atoms with Gasteiger partial charge in [-0.2, -0.15) is 0 Å². The quantitative estimate of drug-likeness (QED) is 0.770. The highest BCUT2D eigenvalue weighted by Gasteiger charge is 2.16. The maximum Gasteiger partial charge on any atom is 0.238 e. The Labute approximate surface area is 144 Å². The van der Waals surface area contributed by atoms with Gasteiger partial charge in [0, 0.05) is 6.04 Å². The third kappa shape index (κ3) is 5.10. The van der Waals surface area contributed by atoms with Crippen molar-refractivity contribution in [2.45, 2.75) is 26.8 Å². The summed E-state index contributed by atoms with van der Waals surface area (Å²) in [5, 5.41) is 6.27. The number of rotatable bonds is 8. The fourth-order valence-corrected chi connectivity index (χ4v) is 2.65. The molecular formula is C20H26N2O2. The van der Waals surface area contributed by atoms with Crippen LogP contribution in [0.25, 0.3) is 0 Å². The van der Waals surface area contributed by atoms with Crippen LogP contribution in [0.4, 0.5) is 5.69 Å². The van der Waals surface area contributed by atoms with E-state index in [9.17, 15) is 4.79 Å². The highest BCUT2D eigenvalue weighted by atomic mass is 16.5. The molecule has 0 aromatic heterocycles. The molecule has 2 N–H and O–H groups in total. The van der Waals surface area contributed by atoms with Crippen molar-refractivity contribution in [3.63, 3.8) is 0 Å². The molecule has 1 amide bonds. The van der Waals surface area contributed by atoms with E-state index in [1.807, 2.05) is 49.4 Å². The van der Waals surface area contributed by atoms with Gasteiger partial charge in [0.15, 0.2) is 0 Å². The van der Waals surface area contributed by atoms with Crippen LogP contribution in [0, 0.1) is 5.92 Å². The van der Waals surface area contributed by atoms with E-state index in [0.29, 0.717) is 24.0 Å². The summed E-state index contributed by atoms with van der Waals surface area (Å²) in [6.07, 6.45) is 0. The normalized spacial score (nSPS) is 12.0. The van der Waals surface area contributed by atoms with Crippen LogP contribution in [0.1, 0.15) is 32.4 Å². The first-order valence-electron chi connectivity index (χ1n) is 8.41. The second-order valence-corrected chi connectivity index (χ2v) is 5.99. The van der Waals surface area contributed by atoms with Crippen LogP contribution in [0.2, 0.25) is 0 Å². The average Bonchev–Trinajstić information content (AvgIpc) is 2.58. The molecule has 0 unspecified atom stereocenters. The van der Waals surface area contributed by atoms with Crippen LogP contribution >= 0.6 is 0 Å². The van der Waals surface area contributed by atoms with Gasteiger partial charge in [0.05, 0.1) is 18.8 Å². The Hall–Kier alpha value is -2.33. The minimum Gasteiger partial charge on any atom is -0.492 e. The van der Waals surface area contributed by atoms with E-state index in [0.717, 1.165) is 0 Å². The summed E-state index contributed by atoms with van der Waals surface area (Å²) in [5.74, 6) is 0.997. The van der Waals surface area contributed by atoms with Crippen molar-refractivity contribution in [3.05, 3.63) is 60.2 Å². The molecule has 4 heteroatoms. The van der Waals surface area contributed by atoms with E-state index in [2.05, 4.69) is 36.6 Å². The van der Waals surface area contributed by atoms with Gasteiger partial charge in [-0.05, 0) is 30.5 Å². The molecule has 24 heavy (non-hydrogen) atoms. The van der Waals surface area contributed by atoms with Gasteiger partial charge in [-0.25, -0.2) is 0 Å². The maximum atomic E-state index is 12.3. The first-order valence-corrected chi connectivity index (χ1v) is 8.41. The molecule has 0 fully saturated rings. The Morgan fingerprint density at radius 2 is 1.71 bits per heavy atom. The minimum absolute atomic E-state index is 0.0799. The number of hydrogen-bond donors (Lipinski definition) is 2. The van der Waals surface area contributed by atoms with Gasteiger partial charge >= 0.3 is 0 Å². The molecule has 0 heterocycles. The molecular weight excluding hydrogens is 300 g/mol. The Morgan fingerprint density at radius 3 is 2.38 bits per heavy atom. The minimum atomic E-state index is -0.0799. The molecule has 0 aliphatic heterocycles. The van der Waals surface area contributed by atoms with Crippen molar-refractivity contribution in [2.75, 3.05) is 18.5 Å². The van der Waals surface area contributed by atoms with Gasteiger partial charge in [0.25, 0.3) is 0 Å². The predicted molar refractivity (Wildman–Crippen MR) is 98.3 cm³/mol. The number of nitrogens with one attached hydrogen (secondary N) is 2. The fourth-order valence-electron chi connectivity index (χ4n) is 2.65. The predicted octanol–water partition coefficient (Wildman–Crippen LogP) is 4.01. The first-order chi connectivity index (χ1) is 11.6. The number of carbonyl (C=O) groups is 1. The lowest BCUT2D eigenvalue weighted by Gasteiger charge is -2.23. The topological polar surface area (TPSA) is 50.4 Å². The molecule has 0 aliphatic rings. The molecule has 0 spiro atoms. The van der Waals surface area contributed by atoms with Crippen LogP contribution in [0.15, 0.2) is 54.6 Å². The third-order valence-corrected chi connectivity index (χ3v) is 3.77. The SMILES string of the molecule is CCOc1ccccc1NC(=O)CN[C@@H](c1ccccc1)C(C)C. The van der Waals surface area contributed by atoms with Crippen molar-refractivity contribution < 1.29 is 9.53 Å². The molecule has 4 nitrogen and oxygen atoms in total. The van der Waals surface area contributed by atoms with Crippen molar-refractivity contribution in [1.29, 1.82) is 0 Å². The molecule has 1 atom stereocenters. The smallest absolute Gasteiger partial charge is 0.238 e. The van der Waals surface area contributed by atoms with E-state index in [1.54, 1.807) is 0 Å². The zero-order valence-electron chi connectivity index (χ0n) is 14.6. The van der Waals surface area contributed by atoms with E-state index in [-0.39, 0.29) is 18.5 Å². The van der Waals surface area contributed by atoms with Crippen molar-refractivity contribution in [3.8, 4) is 5.75 Å². The number of carbonyl (C=O) groups excluding carboxylic acids is 1. The number of amides is 1. The molecule has 2 rings (SSSR count). The Bertz CT molecular complexity index is 641. The van der Waals surface area contributed by atoms with Crippen LogP contribution in [0.5, 0.6) is 5.75 Å². The fraction of sp³-hybridized carbons (Fsp3) is 0.350. The zero-order valence-corrected chi connectivity index (χ0v) is 14.6. The van der Waals surface area contributed by atoms with Gasteiger partial charge in [-0.3, -0.25) is 4.79 Å². The van der Waals surface area contributed by atoms with Crippen molar-refractivity contribution >= 4 is 11.6 Å². The molecule has 2 aromatic rings. The number of ether oxygens (including phenoxy) is 1. The Morgan fingerprint density at radius 1 is 1.04 bits per heavy atom. The molecule has 0 radical (unpaired) electrons. The summed E-state index contributed by atoms with van der Waals surface area (Å²) in [7, 11) is 0. The molecule has 0 saturated carbocycles. The summed E-state index contributed by atoms with van der Waals surface area (Å²) in [6.45, 7) is 7.03. The first kappa shape index (κ1) is 18.0. The van der Waals surface area contributed by atoms with Gasteiger partial charge in [-0.15, -0.1) is 0 Å². The van der Waals surface area contributed by atoms with E-state index in [4.69, 9.17) is 4.74 Å². The lowest BCUT2D eigenvalue weighted by atomic mass is 9.96. The number of anilines is 1. The molecule has 128 valence electrons. The summed E-state index contributed by atoms with van der Waals surface area (Å²) in [5.41, 5.74) is 1.89. The number of para-hydroxylation sites is 2. The average molecular weight is 326 g/mol. The molecule has 0 saturated heterocycles. The summed E-state index contributed by atoms with van der Waals surface area (Å²) in [6, 6.07) is 17.8. The zero-order chi connectivity index (χ0) is 17.4. The highest BCUT2D eigenvalue weighted by Crippen LogP contribution is 2.24. The van der Waals surface area contributed by atoms with Gasteiger partial charge < -0.3 is 15.4 Å². The summed E-state index contributed by atoms with van der Waals surface area (Å²) in [4.78, 5) is 12.3. The van der Waals surface area contributed by atoms with Crippen LogP contribution in [-0.4, -0.2) is 19.1 Å². The standard InChI is InChI=1S/C20H26N2O2/c1-4-24-18-13-9-8-12-17(18)22-19(23)14-21-20(15(2)3)16-10-6-5-7-11-16/h5-13,15,20-21H,4,14H2,1-3H3,(H,22,23)/t20-/m1/s1. The number of benzene rings is 2. The van der Waals surface area contributed by atoms with Gasteiger partial charge in [0.1, 0.15) is 5.75 Å². The Balaban J connectivity index is 1.97. The highest BCUT2D eigenvalue weighted by molar-refractivity contribution is 5.93. The maximum absolute atomic E-state index is 12.3. The summed E-state index contributed by atoms with van der Waals surface area (Å²) >= 11 is 0. The van der Waals surface area contributed by atoms with E-state index >= 15 is 0 Å². The van der Waals surface area contributed by atoms with Crippen LogP contribution < -0.4 is 15.4 Å². The van der Waals surface area contributed by atoms with E-state index < -0.39 is 0 Å². The molecule has 0 bridgehead atoms. The molecule has 0 aliphatic carbocycles. The third-order valence-electron chi connectivity index (χ3n) is 3.77. The van der Waals surface area contributed by atoms with Crippen molar-refractivity contribution in [2.24, 2.45) is 5.92 Å². The number of hydrogen-bond acceptors (Lipinski definition) is 3. The lowest BCUT2D eigenvalue weighted by molar-refractivity contribution is -0.115. The van der Waals surface area contributed by atoms with E-state index in [1.165, 1.54) is 5.56 Å². The second kappa shape index (κ2) is 9.08. The lowest BCUT2D eigenvalue weighted by Crippen LogP contribution is -2.33. The largest absolute Gasteiger partial charge is 0.492 e. The Kier molecular flexibility index (Phi) is 6.82. The van der Waals surface area contributed by atoms with Crippen LogP contribution in [0.3, 0.4) is 0 Å². The summed E-state index contributed by atoms with van der Waals surface area (Å²) < 4.78 is 5.54.